The zero-order chi connectivity index (χ0) is 32.3. The van der Waals surface area contributed by atoms with E-state index in [0.717, 1.165) is 37.5 Å². The highest BCUT2D eigenvalue weighted by Gasteiger charge is 2.26. The molecule has 17 heteroatoms. The fourth-order valence-electron chi connectivity index (χ4n) is 4.93. The Hall–Kier alpha value is -3.95. The third kappa shape index (κ3) is 7.39. The van der Waals surface area contributed by atoms with Gasteiger partial charge in [-0.15, -0.1) is 10.2 Å². The SMILES string of the molecule is C=CS(=O)(=O)CCNc1nc(NC2CCCCC2)c(C#N)c(C)c1N=Nc1c(S(=O)(=O)O)cc(S(=O)(=O)O)c2ccccc12. The van der Waals surface area contributed by atoms with Crippen LogP contribution in [0.3, 0.4) is 0 Å². The van der Waals surface area contributed by atoms with Crippen LogP contribution in [0.1, 0.15) is 43.2 Å². The third-order valence-corrected chi connectivity index (χ3v) is 10.2. The molecule has 1 heterocycles. The van der Waals surface area contributed by atoms with Gasteiger partial charge < -0.3 is 10.6 Å². The molecule has 0 saturated heterocycles. The van der Waals surface area contributed by atoms with Gasteiger partial charge in [0.05, 0.1) is 11.3 Å². The quantitative estimate of drug-likeness (QED) is 0.156. The lowest BCUT2D eigenvalue weighted by atomic mass is 9.95. The molecule has 0 unspecified atom stereocenters. The summed E-state index contributed by atoms with van der Waals surface area (Å²) in [5.74, 6) is -0.0463. The smallest absolute Gasteiger partial charge is 0.296 e. The van der Waals surface area contributed by atoms with Crippen molar-refractivity contribution in [1.29, 1.82) is 5.26 Å². The van der Waals surface area contributed by atoms with Crippen molar-refractivity contribution in [2.24, 2.45) is 10.2 Å². The van der Waals surface area contributed by atoms with Crippen LogP contribution in [0.25, 0.3) is 10.8 Å². The van der Waals surface area contributed by atoms with Gasteiger partial charge in [0.25, 0.3) is 20.2 Å². The highest BCUT2D eigenvalue weighted by Crippen LogP contribution is 2.40. The highest BCUT2D eigenvalue weighted by molar-refractivity contribution is 7.94. The van der Waals surface area contributed by atoms with E-state index in [4.69, 9.17) is 0 Å². The van der Waals surface area contributed by atoms with Gasteiger partial charge in [-0.25, -0.2) is 13.4 Å². The summed E-state index contributed by atoms with van der Waals surface area (Å²) >= 11 is 0. The zero-order valence-corrected chi connectivity index (χ0v) is 26.0. The number of sulfone groups is 1. The van der Waals surface area contributed by atoms with Gasteiger partial charge in [-0.05, 0) is 25.8 Å². The van der Waals surface area contributed by atoms with Crippen molar-refractivity contribution in [2.75, 3.05) is 22.9 Å². The second-order valence-electron chi connectivity index (χ2n) is 10.1. The summed E-state index contributed by atoms with van der Waals surface area (Å²) < 4.78 is 92.6. The summed E-state index contributed by atoms with van der Waals surface area (Å²) in [5, 5.41) is 25.2. The summed E-state index contributed by atoms with van der Waals surface area (Å²) in [6, 6.07) is 8.29. The van der Waals surface area contributed by atoms with Crippen molar-refractivity contribution >= 4 is 63.9 Å². The van der Waals surface area contributed by atoms with Crippen LogP contribution in [-0.4, -0.2) is 57.7 Å². The minimum atomic E-state index is -5.10. The molecule has 1 aliphatic carbocycles. The van der Waals surface area contributed by atoms with Crippen LogP contribution in [0.2, 0.25) is 0 Å². The van der Waals surface area contributed by atoms with Crippen LogP contribution in [0.15, 0.2) is 62.3 Å². The molecule has 0 radical (unpaired) electrons. The van der Waals surface area contributed by atoms with Crippen LogP contribution >= 0.6 is 0 Å². The zero-order valence-electron chi connectivity index (χ0n) is 23.6. The Labute approximate surface area is 255 Å². The summed E-state index contributed by atoms with van der Waals surface area (Å²) in [6.45, 7) is 4.74. The third-order valence-electron chi connectivity index (χ3n) is 7.15. The normalized spacial score (nSPS) is 14.9. The molecular weight excluding hydrogens is 633 g/mol. The standard InChI is InChI=1S/C27H30N6O8S3/c1-3-42(34,35)14-13-29-27-24(17(2)21(16-28)26(31-27)30-18-9-5-4-6-10-18)32-33-25-20-12-8-7-11-19(20)22(43(36,37)38)15-23(25)44(39,40)41/h3,7-8,11-12,15,18H,1,4-6,9-10,13-14H2,2H3,(H2,29,30,31)(H,36,37,38)(H,39,40,41). The van der Waals surface area contributed by atoms with Gasteiger partial charge in [0.15, 0.2) is 15.7 Å². The van der Waals surface area contributed by atoms with Gasteiger partial charge in [0.2, 0.25) is 0 Å². The van der Waals surface area contributed by atoms with Gasteiger partial charge in [-0.1, -0.05) is 50.1 Å². The molecule has 1 fully saturated rings. The van der Waals surface area contributed by atoms with E-state index in [9.17, 15) is 39.6 Å². The average molecular weight is 663 g/mol. The minimum absolute atomic E-state index is 0.0315. The van der Waals surface area contributed by atoms with E-state index < -0.39 is 45.6 Å². The Balaban J connectivity index is 1.92. The number of rotatable bonds is 11. The first-order valence-electron chi connectivity index (χ1n) is 13.4. The molecule has 4 N–H and O–H groups in total. The van der Waals surface area contributed by atoms with Gasteiger partial charge >= 0.3 is 0 Å². The number of nitrogens with zero attached hydrogens (tertiary/aromatic N) is 4. The Morgan fingerprint density at radius 2 is 1.59 bits per heavy atom. The molecule has 4 rings (SSSR count). The Bertz CT molecular complexity index is 2020. The molecule has 3 aromatic rings. The molecule has 0 atom stereocenters. The molecule has 0 aliphatic heterocycles. The van der Waals surface area contributed by atoms with E-state index >= 15 is 0 Å². The fourth-order valence-corrected chi connectivity index (χ4v) is 6.94. The molecule has 44 heavy (non-hydrogen) atoms. The molecular formula is C27H30N6O8S3. The van der Waals surface area contributed by atoms with Gasteiger partial charge in [0.1, 0.15) is 33.1 Å². The van der Waals surface area contributed by atoms with Crippen molar-refractivity contribution in [3.8, 4) is 6.07 Å². The van der Waals surface area contributed by atoms with Crippen molar-refractivity contribution in [1.82, 2.24) is 4.98 Å². The number of anilines is 2. The molecule has 0 amide bonds. The number of azo groups is 1. The Morgan fingerprint density at radius 1 is 0.977 bits per heavy atom. The first-order valence-corrected chi connectivity index (χ1v) is 18.0. The van der Waals surface area contributed by atoms with E-state index in [1.807, 2.05) is 0 Å². The molecule has 14 nitrogen and oxygen atoms in total. The second kappa shape index (κ2) is 13.0. The molecule has 1 aliphatic rings. The largest absolute Gasteiger partial charge is 0.367 e. The van der Waals surface area contributed by atoms with E-state index in [1.165, 1.54) is 24.3 Å². The number of benzene rings is 2. The predicted octanol–water partition coefficient (Wildman–Crippen LogP) is 5.04. The maximum absolute atomic E-state index is 12.4. The number of fused-ring (bicyclic) bond motifs is 1. The predicted molar refractivity (Wildman–Crippen MR) is 164 cm³/mol. The number of pyridine rings is 1. The van der Waals surface area contributed by atoms with Crippen molar-refractivity contribution in [3.63, 3.8) is 0 Å². The van der Waals surface area contributed by atoms with Crippen LogP contribution < -0.4 is 10.6 Å². The topological polar surface area (TPSA) is 228 Å². The Kier molecular flexibility index (Phi) is 9.71. The summed E-state index contributed by atoms with van der Waals surface area (Å²) in [5.41, 5.74) is -0.0600. The highest BCUT2D eigenvalue weighted by atomic mass is 32.2. The lowest BCUT2D eigenvalue weighted by molar-refractivity contribution is 0.462. The summed E-state index contributed by atoms with van der Waals surface area (Å²) in [6.07, 6.45) is 4.87. The first kappa shape index (κ1) is 33.0. The molecule has 0 bridgehead atoms. The van der Waals surface area contributed by atoms with Crippen LogP contribution in [0, 0.1) is 18.3 Å². The number of aromatic nitrogens is 1. The maximum Gasteiger partial charge on any atom is 0.296 e. The van der Waals surface area contributed by atoms with Crippen LogP contribution in [0.5, 0.6) is 0 Å². The average Bonchev–Trinajstić information content (AvgIpc) is 2.96. The fraction of sp³-hybridized carbons (Fsp3) is 0.333. The molecule has 1 saturated carbocycles. The van der Waals surface area contributed by atoms with E-state index in [1.54, 1.807) is 6.92 Å². The van der Waals surface area contributed by atoms with Crippen LogP contribution in [0.4, 0.5) is 23.0 Å². The first-order chi connectivity index (χ1) is 20.7. The monoisotopic (exact) mass is 662 g/mol. The summed E-state index contributed by atoms with van der Waals surface area (Å²) in [4.78, 5) is 2.82. The van der Waals surface area contributed by atoms with Gasteiger partial charge in [-0.3, -0.25) is 9.11 Å². The Morgan fingerprint density at radius 3 is 2.18 bits per heavy atom. The lowest BCUT2D eigenvalue weighted by Gasteiger charge is -2.25. The number of nitriles is 1. The minimum Gasteiger partial charge on any atom is -0.367 e. The molecule has 0 spiro atoms. The van der Waals surface area contributed by atoms with Crippen molar-refractivity contribution < 1.29 is 34.4 Å². The molecule has 2 aromatic carbocycles. The van der Waals surface area contributed by atoms with Crippen molar-refractivity contribution in [3.05, 3.63) is 53.4 Å². The molecule has 1 aromatic heterocycles. The second-order valence-corrected chi connectivity index (χ2v) is 15.0. The maximum atomic E-state index is 12.4. The molecule has 234 valence electrons. The summed E-state index contributed by atoms with van der Waals surface area (Å²) in [7, 11) is -13.6. The van der Waals surface area contributed by atoms with Gasteiger partial charge in [0, 0.05) is 34.3 Å². The van der Waals surface area contributed by atoms with Crippen molar-refractivity contribution in [2.45, 2.75) is 54.9 Å². The number of hydrogen-bond donors (Lipinski definition) is 4. The van der Waals surface area contributed by atoms with E-state index in [0.29, 0.717) is 6.07 Å². The number of hydrogen-bond acceptors (Lipinski definition) is 12. The lowest BCUT2D eigenvalue weighted by Crippen LogP contribution is -2.24. The van der Waals surface area contributed by atoms with Crippen LogP contribution in [-0.2, 0) is 30.1 Å². The number of nitrogens with one attached hydrogen (secondary N) is 2. The van der Waals surface area contributed by atoms with E-state index in [2.05, 4.69) is 38.5 Å². The van der Waals surface area contributed by atoms with E-state index in [-0.39, 0.29) is 57.6 Å². The van der Waals surface area contributed by atoms with Gasteiger partial charge in [-0.2, -0.15) is 22.1 Å².